The summed E-state index contributed by atoms with van der Waals surface area (Å²) in [6.07, 6.45) is 0. The van der Waals surface area contributed by atoms with Gasteiger partial charge in [-0.1, -0.05) is 23.5 Å². The first-order valence-corrected chi connectivity index (χ1v) is 6.26. The molecule has 2 N–H and O–H groups in total. The van der Waals surface area contributed by atoms with E-state index in [2.05, 4.69) is 4.85 Å². The number of nitriles is 1. The smallest absolute Gasteiger partial charge is 0.282 e. The van der Waals surface area contributed by atoms with E-state index < -0.39 is 0 Å². The summed E-state index contributed by atoms with van der Waals surface area (Å²) in [6.45, 7) is 6.89. The summed E-state index contributed by atoms with van der Waals surface area (Å²) in [5.41, 5.74) is -0.0565. The number of hydrogen-bond acceptors (Lipinski definition) is 6. The van der Waals surface area contributed by atoms with Crippen LogP contribution in [-0.2, 0) is 0 Å². The molecule has 0 aromatic heterocycles. The fourth-order valence-corrected chi connectivity index (χ4v) is 3.77. The van der Waals surface area contributed by atoms with Gasteiger partial charge in [-0.15, -0.1) is 0 Å². The monoisotopic (exact) mass is 278 g/mol. The molecular formula is C11H6N2O3S2. The van der Waals surface area contributed by atoms with Gasteiger partial charge in [0.1, 0.15) is 5.75 Å². The van der Waals surface area contributed by atoms with Crippen LogP contribution >= 0.6 is 23.5 Å². The Balaban J connectivity index is 2.59. The Labute approximate surface area is 112 Å². The van der Waals surface area contributed by atoms with Gasteiger partial charge in [0.05, 0.1) is 33.8 Å². The molecule has 0 saturated carbocycles. The van der Waals surface area contributed by atoms with Gasteiger partial charge in [0, 0.05) is 6.07 Å². The summed E-state index contributed by atoms with van der Waals surface area (Å²) in [5, 5.41) is 28.5. The molecule has 1 heterocycles. The van der Waals surface area contributed by atoms with Crippen molar-refractivity contribution < 1.29 is 14.9 Å². The molecule has 0 amide bonds. The molecule has 1 aliphatic heterocycles. The predicted octanol–water partition coefficient (Wildman–Crippen LogP) is 2.92. The van der Waals surface area contributed by atoms with E-state index in [9.17, 15) is 10.2 Å². The fourth-order valence-electron chi connectivity index (χ4n) is 1.36. The lowest BCUT2D eigenvalue weighted by molar-refractivity contribution is 0.358. The van der Waals surface area contributed by atoms with Crippen LogP contribution in [0.3, 0.4) is 0 Å². The third-order valence-corrected chi connectivity index (χ3v) is 4.78. The lowest BCUT2D eigenvalue weighted by Gasteiger charge is -2.08. The van der Waals surface area contributed by atoms with Crippen molar-refractivity contribution in [1.29, 1.82) is 5.26 Å². The number of nitrogens with zero attached hydrogens (tertiary/aromatic N) is 2. The molecule has 18 heavy (non-hydrogen) atoms. The lowest BCUT2D eigenvalue weighted by Crippen LogP contribution is -1.85. The highest BCUT2D eigenvalue weighted by molar-refractivity contribution is 8.24. The van der Waals surface area contributed by atoms with Crippen molar-refractivity contribution >= 4 is 23.5 Å². The molecule has 7 heteroatoms. The van der Waals surface area contributed by atoms with E-state index in [1.807, 2.05) is 0 Å². The molecule has 90 valence electrons. The van der Waals surface area contributed by atoms with Gasteiger partial charge in [-0.05, 0) is 0 Å². The van der Waals surface area contributed by atoms with Crippen LogP contribution in [-0.4, -0.2) is 17.3 Å². The number of allylic oxidation sites excluding steroid dienone is 1. The topological polar surface area (TPSA) is 77.8 Å². The number of thioether (sulfide) groups is 2. The van der Waals surface area contributed by atoms with Gasteiger partial charge in [-0.25, -0.2) is 10.1 Å². The number of fused-ring (bicyclic) bond motifs is 1. The van der Waals surface area contributed by atoms with Crippen LogP contribution in [0.15, 0.2) is 25.8 Å². The van der Waals surface area contributed by atoms with Gasteiger partial charge in [0.25, 0.3) is 5.70 Å². The molecule has 0 atom stereocenters. The second-order valence-corrected chi connectivity index (χ2v) is 5.47. The van der Waals surface area contributed by atoms with E-state index in [0.29, 0.717) is 14.0 Å². The average Bonchev–Trinajstić information content (AvgIpc) is 2.81. The highest BCUT2D eigenvalue weighted by atomic mass is 32.2. The van der Waals surface area contributed by atoms with E-state index in [1.54, 1.807) is 6.07 Å². The van der Waals surface area contributed by atoms with Crippen LogP contribution < -0.4 is 4.74 Å². The standard InChI is InChI=1S/C11H6N2O3S2/c1-13-5(4-12)11-17-9-6(14)3-7(16-2)8(15)10(9)18-11/h3,14-15H,2H3/b11-5+. The lowest BCUT2D eigenvalue weighted by atomic mass is 10.3. The van der Waals surface area contributed by atoms with Gasteiger partial charge < -0.3 is 14.9 Å². The minimum Gasteiger partial charge on any atom is -0.507 e. The highest BCUT2D eigenvalue weighted by Crippen LogP contribution is 2.60. The molecule has 0 bridgehead atoms. The summed E-state index contributed by atoms with van der Waals surface area (Å²) in [5.74, 6) is 0.0106. The molecule has 1 aliphatic rings. The number of phenolic OH excluding ortho intramolecular Hbond substituents is 2. The molecule has 0 fully saturated rings. The van der Waals surface area contributed by atoms with Crippen molar-refractivity contribution in [2.24, 2.45) is 0 Å². The molecule has 0 aliphatic carbocycles. The van der Waals surface area contributed by atoms with Crippen molar-refractivity contribution in [3.8, 4) is 23.3 Å². The highest BCUT2D eigenvalue weighted by Gasteiger charge is 2.29. The Bertz CT molecular complexity index is 625. The summed E-state index contributed by atoms with van der Waals surface area (Å²) in [4.78, 5) is 3.95. The Kier molecular flexibility index (Phi) is 3.28. The van der Waals surface area contributed by atoms with Crippen molar-refractivity contribution in [3.05, 3.63) is 27.4 Å². The summed E-state index contributed by atoms with van der Waals surface area (Å²) in [6, 6.07) is 3.09. The minimum atomic E-state index is -0.0972. The number of phenols is 2. The Morgan fingerprint density at radius 3 is 2.67 bits per heavy atom. The van der Waals surface area contributed by atoms with Gasteiger partial charge in [-0.3, -0.25) is 0 Å². The van der Waals surface area contributed by atoms with Crippen molar-refractivity contribution in [3.63, 3.8) is 0 Å². The number of benzene rings is 1. The van der Waals surface area contributed by atoms with Crippen LogP contribution in [0.1, 0.15) is 0 Å². The second-order valence-electron chi connectivity index (χ2n) is 3.17. The molecule has 2 rings (SSSR count). The summed E-state index contributed by atoms with van der Waals surface area (Å²) in [7, 11) is 1.38. The predicted molar refractivity (Wildman–Crippen MR) is 67.3 cm³/mol. The zero-order valence-corrected chi connectivity index (χ0v) is 10.7. The van der Waals surface area contributed by atoms with Crippen molar-refractivity contribution in [1.82, 2.24) is 0 Å². The summed E-state index contributed by atoms with van der Waals surface area (Å²) < 4.78 is 5.37. The SMILES string of the molecule is [C-]#[N+]/C(C#N)=C1\Sc2c(O)cc(OC)c(O)c2S1. The number of rotatable bonds is 1. The Hall–Kier alpha value is -1.96. The number of hydrogen-bond donors (Lipinski definition) is 2. The van der Waals surface area contributed by atoms with Gasteiger partial charge >= 0.3 is 0 Å². The quantitative estimate of drug-likeness (QED) is 0.467. The largest absolute Gasteiger partial charge is 0.507 e. The molecule has 0 radical (unpaired) electrons. The van der Waals surface area contributed by atoms with Gasteiger partial charge in [-0.2, -0.15) is 0 Å². The van der Waals surface area contributed by atoms with E-state index in [1.165, 1.54) is 13.2 Å². The zero-order valence-electron chi connectivity index (χ0n) is 9.09. The number of aromatic hydroxyl groups is 2. The van der Waals surface area contributed by atoms with Crippen molar-refractivity contribution in [2.75, 3.05) is 7.11 Å². The normalized spacial score (nSPS) is 15.5. The number of ether oxygens (including phenoxy) is 1. The average molecular weight is 278 g/mol. The van der Waals surface area contributed by atoms with E-state index in [-0.39, 0.29) is 22.9 Å². The van der Waals surface area contributed by atoms with Crippen LogP contribution in [0.2, 0.25) is 0 Å². The van der Waals surface area contributed by atoms with Crippen LogP contribution in [0, 0.1) is 17.9 Å². The van der Waals surface area contributed by atoms with Crippen molar-refractivity contribution in [2.45, 2.75) is 9.79 Å². The first-order chi connectivity index (χ1) is 8.62. The molecule has 0 unspecified atom stereocenters. The minimum absolute atomic E-state index is 0.0468. The first-order valence-electron chi connectivity index (χ1n) is 4.62. The van der Waals surface area contributed by atoms with Crippen LogP contribution in [0.4, 0.5) is 0 Å². The van der Waals surface area contributed by atoms with Crippen LogP contribution in [0.5, 0.6) is 17.2 Å². The maximum atomic E-state index is 9.93. The Morgan fingerprint density at radius 1 is 1.44 bits per heavy atom. The second kappa shape index (κ2) is 4.73. The first kappa shape index (κ1) is 12.5. The van der Waals surface area contributed by atoms with Gasteiger partial charge in [0.2, 0.25) is 0 Å². The number of methoxy groups -OCH3 is 1. The third-order valence-electron chi connectivity index (χ3n) is 2.18. The molecule has 0 saturated heterocycles. The molecule has 1 aromatic carbocycles. The fraction of sp³-hybridized carbons (Fsp3) is 0.0909. The third kappa shape index (κ3) is 1.84. The molecule has 5 nitrogen and oxygen atoms in total. The van der Waals surface area contributed by atoms with E-state index in [4.69, 9.17) is 16.6 Å². The zero-order chi connectivity index (χ0) is 13.3. The molecular weight excluding hydrogens is 272 g/mol. The van der Waals surface area contributed by atoms with E-state index in [0.717, 1.165) is 23.5 Å². The van der Waals surface area contributed by atoms with Gasteiger partial charge in [0.15, 0.2) is 11.5 Å². The Morgan fingerprint density at radius 2 is 2.11 bits per heavy atom. The molecule has 0 spiro atoms. The van der Waals surface area contributed by atoms with E-state index >= 15 is 0 Å². The van der Waals surface area contributed by atoms with Crippen LogP contribution in [0.25, 0.3) is 4.85 Å². The maximum Gasteiger partial charge on any atom is 0.282 e. The summed E-state index contributed by atoms with van der Waals surface area (Å²) >= 11 is 2.17. The molecule has 1 aromatic rings. The maximum absolute atomic E-state index is 9.93.